The first-order chi connectivity index (χ1) is 17.4. The van der Waals surface area contributed by atoms with Gasteiger partial charge in [0.2, 0.25) is 5.91 Å². The second-order valence-corrected chi connectivity index (χ2v) is 8.81. The van der Waals surface area contributed by atoms with Gasteiger partial charge in [0, 0.05) is 16.5 Å². The molecule has 2 aromatic carbocycles. The number of hydrogen-bond acceptors (Lipinski definition) is 7. The lowest BCUT2D eigenvalue weighted by atomic mass is 10.0. The van der Waals surface area contributed by atoms with Crippen LogP contribution >= 0.6 is 11.3 Å². The average molecular weight is 510 g/mol. The number of hydrogen-bond donors (Lipinski definition) is 1. The standard InChI is InChI=1S/C28H31NO6S/c1-6-33-21-13-11-20(12-14-21)25-18(4)36-27(26(25)28(31)32-5)29-24(30)16-10-19-9-15-22(34-7-2)23(17-19)35-8-3/h9-17H,6-8H2,1-5H3,(H,29,30)/b16-10+. The van der Waals surface area contributed by atoms with E-state index in [1.54, 1.807) is 6.08 Å². The molecule has 36 heavy (non-hydrogen) atoms. The zero-order chi connectivity index (χ0) is 26.1. The summed E-state index contributed by atoms with van der Waals surface area (Å²) in [5.74, 6) is 1.12. The average Bonchev–Trinajstić information content (AvgIpc) is 3.19. The predicted octanol–water partition coefficient (Wildman–Crippen LogP) is 6.36. The molecule has 7 nitrogen and oxygen atoms in total. The molecular weight excluding hydrogens is 478 g/mol. The van der Waals surface area contributed by atoms with Gasteiger partial charge in [0.25, 0.3) is 0 Å². The molecule has 0 fully saturated rings. The van der Waals surface area contributed by atoms with Crippen molar-refractivity contribution < 1.29 is 28.5 Å². The van der Waals surface area contributed by atoms with Crippen LogP contribution in [0.3, 0.4) is 0 Å². The zero-order valence-electron chi connectivity index (χ0n) is 21.2. The fourth-order valence-electron chi connectivity index (χ4n) is 3.66. The van der Waals surface area contributed by atoms with Crippen LogP contribution in [0.4, 0.5) is 5.00 Å². The van der Waals surface area contributed by atoms with Crippen LogP contribution in [-0.2, 0) is 9.53 Å². The minimum atomic E-state index is -0.518. The molecular formula is C28H31NO6S. The number of rotatable bonds is 11. The molecule has 3 aromatic rings. The van der Waals surface area contributed by atoms with Gasteiger partial charge in [-0.2, -0.15) is 0 Å². The Morgan fingerprint density at radius 2 is 1.58 bits per heavy atom. The van der Waals surface area contributed by atoms with Crippen LogP contribution in [0.1, 0.15) is 41.6 Å². The molecule has 1 aromatic heterocycles. The highest BCUT2D eigenvalue weighted by molar-refractivity contribution is 7.17. The number of esters is 1. The smallest absolute Gasteiger partial charge is 0.341 e. The molecule has 0 aliphatic rings. The minimum absolute atomic E-state index is 0.325. The summed E-state index contributed by atoms with van der Waals surface area (Å²) in [4.78, 5) is 26.4. The largest absolute Gasteiger partial charge is 0.494 e. The number of amides is 1. The fourth-order valence-corrected chi connectivity index (χ4v) is 4.73. The number of thiophene rings is 1. The summed E-state index contributed by atoms with van der Waals surface area (Å²) in [6.07, 6.45) is 3.09. The molecule has 1 amide bonds. The highest BCUT2D eigenvalue weighted by Gasteiger charge is 2.24. The van der Waals surface area contributed by atoms with Gasteiger partial charge in [-0.1, -0.05) is 18.2 Å². The third-order valence-electron chi connectivity index (χ3n) is 5.16. The fraction of sp³-hybridized carbons (Fsp3) is 0.286. The van der Waals surface area contributed by atoms with E-state index in [0.717, 1.165) is 27.3 Å². The van der Waals surface area contributed by atoms with Crippen LogP contribution in [0.15, 0.2) is 48.5 Å². The van der Waals surface area contributed by atoms with Crippen molar-refractivity contribution >= 4 is 34.3 Å². The first-order valence-corrected chi connectivity index (χ1v) is 12.6. The summed E-state index contributed by atoms with van der Waals surface area (Å²) in [6, 6.07) is 13.0. The van der Waals surface area contributed by atoms with E-state index < -0.39 is 5.97 Å². The van der Waals surface area contributed by atoms with E-state index in [4.69, 9.17) is 18.9 Å². The summed E-state index contributed by atoms with van der Waals surface area (Å²) in [5, 5.41) is 3.27. The van der Waals surface area contributed by atoms with Crippen molar-refractivity contribution in [1.29, 1.82) is 0 Å². The molecule has 0 aliphatic carbocycles. The van der Waals surface area contributed by atoms with Crippen LogP contribution in [0.2, 0.25) is 0 Å². The number of aryl methyl sites for hydroxylation is 1. The highest BCUT2D eigenvalue weighted by atomic mass is 32.1. The van der Waals surface area contributed by atoms with Crippen LogP contribution in [0.5, 0.6) is 17.2 Å². The molecule has 0 atom stereocenters. The van der Waals surface area contributed by atoms with E-state index in [1.807, 2.05) is 70.2 Å². The Hall–Kier alpha value is -3.78. The first-order valence-electron chi connectivity index (χ1n) is 11.7. The molecule has 1 N–H and O–H groups in total. The number of anilines is 1. The van der Waals surface area contributed by atoms with Crippen molar-refractivity contribution in [1.82, 2.24) is 0 Å². The lowest BCUT2D eigenvalue weighted by molar-refractivity contribution is -0.111. The molecule has 1 heterocycles. The highest BCUT2D eigenvalue weighted by Crippen LogP contribution is 2.41. The van der Waals surface area contributed by atoms with Gasteiger partial charge in [-0.3, -0.25) is 4.79 Å². The number of carbonyl (C=O) groups is 2. The van der Waals surface area contributed by atoms with Gasteiger partial charge in [-0.05, 0) is 69.2 Å². The number of ether oxygens (including phenoxy) is 4. The maximum absolute atomic E-state index is 12.8. The second kappa shape index (κ2) is 12.8. The number of nitrogens with one attached hydrogen (secondary N) is 1. The SMILES string of the molecule is CCOc1ccc(-c2c(C)sc(NC(=O)/C=C/c3ccc(OCC)c(OCC)c3)c2C(=O)OC)cc1. The van der Waals surface area contributed by atoms with Gasteiger partial charge in [0.15, 0.2) is 11.5 Å². The third kappa shape index (κ3) is 6.46. The predicted molar refractivity (Wildman–Crippen MR) is 143 cm³/mol. The summed E-state index contributed by atoms with van der Waals surface area (Å²) < 4.78 is 21.8. The van der Waals surface area contributed by atoms with Crippen molar-refractivity contribution in [3.05, 3.63) is 64.5 Å². The molecule has 0 aliphatic heterocycles. The van der Waals surface area contributed by atoms with Crippen molar-refractivity contribution in [3.63, 3.8) is 0 Å². The van der Waals surface area contributed by atoms with E-state index in [1.165, 1.54) is 24.5 Å². The number of benzene rings is 2. The van der Waals surface area contributed by atoms with Gasteiger partial charge in [0.05, 0.1) is 26.9 Å². The van der Waals surface area contributed by atoms with E-state index in [2.05, 4.69) is 5.32 Å². The topological polar surface area (TPSA) is 83.1 Å². The van der Waals surface area contributed by atoms with Crippen molar-refractivity contribution in [2.75, 3.05) is 32.2 Å². The summed E-state index contributed by atoms with van der Waals surface area (Å²) in [6.45, 7) is 9.22. The summed E-state index contributed by atoms with van der Waals surface area (Å²) in [5.41, 5.74) is 2.66. The normalized spacial score (nSPS) is 10.8. The van der Waals surface area contributed by atoms with Crippen molar-refractivity contribution in [3.8, 4) is 28.4 Å². The lowest BCUT2D eigenvalue weighted by Crippen LogP contribution is -2.11. The first kappa shape index (κ1) is 26.8. The maximum atomic E-state index is 12.8. The number of carbonyl (C=O) groups excluding carboxylic acids is 2. The second-order valence-electron chi connectivity index (χ2n) is 7.58. The van der Waals surface area contributed by atoms with E-state index in [0.29, 0.717) is 41.9 Å². The Labute approximate surface area is 215 Å². The lowest BCUT2D eigenvalue weighted by Gasteiger charge is -2.11. The Morgan fingerprint density at radius 3 is 2.22 bits per heavy atom. The van der Waals surface area contributed by atoms with E-state index in [9.17, 15) is 9.59 Å². The zero-order valence-corrected chi connectivity index (χ0v) is 22.0. The summed E-state index contributed by atoms with van der Waals surface area (Å²) in [7, 11) is 1.32. The van der Waals surface area contributed by atoms with Crippen LogP contribution in [0, 0.1) is 6.92 Å². The van der Waals surface area contributed by atoms with E-state index in [-0.39, 0.29) is 5.91 Å². The molecule has 0 saturated carbocycles. The van der Waals surface area contributed by atoms with Gasteiger partial charge in [0.1, 0.15) is 16.3 Å². The number of methoxy groups -OCH3 is 1. The minimum Gasteiger partial charge on any atom is -0.494 e. The van der Waals surface area contributed by atoms with Crippen LogP contribution < -0.4 is 19.5 Å². The molecule has 0 bridgehead atoms. The molecule has 0 unspecified atom stereocenters. The van der Waals surface area contributed by atoms with E-state index >= 15 is 0 Å². The van der Waals surface area contributed by atoms with Crippen molar-refractivity contribution in [2.45, 2.75) is 27.7 Å². The van der Waals surface area contributed by atoms with Gasteiger partial charge >= 0.3 is 5.97 Å². The Bertz CT molecular complexity index is 1230. The van der Waals surface area contributed by atoms with Gasteiger partial charge in [-0.25, -0.2) is 4.79 Å². The Balaban J connectivity index is 1.86. The van der Waals surface area contributed by atoms with Crippen molar-refractivity contribution in [2.24, 2.45) is 0 Å². The van der Waals surface area contributed by atoms with Crippen LogP contribution in [0.25, 0.3) is 17.2 Å². The maximum Gasteiger partial charge on any atom is 0.341 e. The Kier molecular flexibility index (Phi) is 9.53. The molecule has 0 radical (unpaired) electrons. The Morgan fingerprint density at radius 1 is 0.917 bits per heavy atom. The quantitative estimate of drug-likeness (QED) is 0.239. The van der Waals surface area contributed by atoms with Gasteiger partial charge < -0.3 is 24.3 Å². The van der Waals surface area contributed by atoms with Crippen LogP contribution in [-0.4, -0.2) is 38.8 Å². The van der Waals surface area contributed by atoms with Gasteiger partial charge in [-0.15, -0.1) is 11.3 Å². The molecule has 0 spiro atoms. The molecule has 0 saturated heterocycles. The summed E-state index contributed by atoms with van der Waals surface area (Å²) >= 11 is 1.33. The molecule has 8 heteroatoms. The molecule has 3 rings (SSSR count). The molecule has 190 valence electrons. The third-order valence-corrected chi connectivity index (χ3v) is 6.18. The monoisotopic (exact) mass is 509 g/mol.